The Morgan fingerprint density at radius 3 is 2.60 bits per heavy atom. The molecular formula is C7H15N3. The van der Waals surface area contributed by atoms with E-state index in [0.717, 1.165) is 6.42 Å². The Morgan fingerprint density at radius 1 is 1.50 bits per heavy atom. The van der Waals surface area contributed by atoms with Crippen LogP contribution in [-0.4, -0.2) is 12.1 Å². The summed E-state index contributed by atoms with van der Waals surface area (Å²) in [6, 6.07) is 0.866. The standard InChI is InChI=1S/C7H15N3/c1-4-6-7(5(2)3)9-10-8-6/h5-7H,4H2,1-3H3,(H,8,9). The Morgan fingerprint density at radius 2 is 2.20 bits per heavy atom. The Kier molecular flexibility index (Phi) is 2.25. The lowest BCUT2D eigenvalue weighted by Crippen LogP contribution is -2.32. The summed E-state index contributed by atoms with van der Waals surface area (Å²) in [5.41, 5.74) is 3.00. The summed E-state index contributed by atoms with van der Waals surface area (Å²) in [5, 5.41) is 7.91. The molecule has 1 rings (SSSR count). The van der Waals surface area contributed by atoms with Crippen LogP contribution >= 0.6 is 0 Å². The average molecular weight is 141 g/mol. The fraction of sp³-hybridized carbons (Fsp3) is 1.00. The molecule has 3 nitrogen and oxygen atoms in total. The van der Waals surface area contributed by atoms with Gasteiger partial charge in [0, 0.05) is 0 Å². The minimum Gasteiger partial charge on any atom is -0.286 e. The number of rotatable bonds is 2. The van der Waals surface area contributed by atoms with E-state index in [9.17, 15) is 0 Å². The van der Waals surface area contributed by atoms with Crippen LogP contribution in [0.2, 0.25) is 0 Å². The Hall–Kier alpha value is -0.600. The van der Waals surface area contributed by atoms with E-state index in [1.165, 1.54) is 0 Å². The van der Waals surface area contributed by atoms with Crippen molar-refractivity contribution in [1.82, 2.24) is 5.43 Å². The van der Waals surface area contributed by atoms with Crippen molar-refractivity contribution in [2.24, 2.45) is 16.3 Å². The summed E-state index contributed by atoms with van der Waals surface area (Å²) in [4.78, 5) is 0. The van der Waals surface area contributed by atoms with Gasteiger partial charge >= 0.3 is 0 Å². The first-order valence-corrected chi connectivity index (χ1v) is 3.91. The van der Waals surface area contributed by atoms with Gasteiger partial charge in [0.05, 0.1) is 12.1 Å². The zero-order chi connectivity index (χ0) is 7.56. The zero-order valence-electron chi connectivity index (χ0n) is 6.83. The number of nitrogens with one attached hydrogen (secondary N) is 1. The van der Waals surface area contributed by atoms with Crippen LogP contribution in [0.15, 0.2) is 10.3 Å². The van der Waals surface area contributed by atoms with Gasteiger partial charge in [-0.3, -0.25) is 5.43 Å². The zero-order valence-corrected chi connectivity index (χ0v) is 6.83. The molecule has 0 aliphatic carbocycles. The van der Waals surface area contributed by atoms with Gasteiger partial charge in [-0.2, -0.15) is 5.11 Å². The molecule has 1 N–H and O–H groups in total. The van der Waals surface area contributed by atoms with E-state index in [2.05, 4.69) is 36.5 Å². The van der Waals surface area contributed by atoms with Crippen LogP contribution in [0.4, 0.5) is 0 Å². The van der Waals surface area contributed by atoms with Crippen molar-refractivity contribution < 1.29 is 0 Å². The molecule has 0 aromatic carbocycles. The summed E-state index contributed by atoms with van der Waals surface area (Å²) < 4.78 is 0. The van der Waals surface area contributed by atoms with E-state index in [0.29, 0.717) is 18.0 Å². The SMILES string of the molecule is CCC1NN=NC1C(C)C. The second kappa shape index (κ2) is 2.99. The van der Waals surface area contributed by atoms with Crippen LogP contribution in [0.5, 0.6) is 0 Å². The van der Waals surface area contributed by atoms with Crippen molar-refractivity contribution >= 4 is 0 Å². The minimum absolute atomic E-state index is 0.394. The second-order valence-electron chi connectivity index (χ2n) is 3.09. The fourth-order valence-corrected chi connectivity index (χ4v) is 1.26. The van der Waals surface area contributed by atoms with Crippen molar-refractivity contribution in [3.8, 4) is 0 Å². The van der Waals surface area contributed by atoms with E-state index < -0.39 is 0 Å². The summed E-state index contributed by atoms with van der Waals surface area (Å²) in [5.74, 6) is 0.601. The van der Waals surface area contributed by atoms with Crippen molar-refractivity contribution in [2.45, 2.75) is 39.3 Å². The van der Waals surface area contributed by atoms with Crippen molar-refractivity contribution in [3.05, 3.63) is 0 Å². The lowest BCUT2D eigenvalue weighted by Gasteiger charge is -2.16. The third kappa shape index (κ3) is 1.28. The molecule has 1 aliphatic rings. The molecule has 0 saturated heterocycles. The Labute approximate surface area is 61.9 Å². The smallest absolute Gasteiger partial charge is 0.0969 e. The summed E-state index contributed by atoms with van der Waals surface area (Å²) in [7, 11) is 0. The van der Waals surface area contributed by atoms with E-state index in [1.807, 2.05) is 0 Å². The number of hydrogen-bond donors (Lipinski definition) is 1. The largest absolute Gasteiger partial charge is 0.286 e. The van der Waals surface area contributed by atoms with Crippen LogP contribution in [0.3, 0.4) is 0 Å². The third-order valence-electron chi connectivity index (χ3n) is 1.95. The van der Waals surface area contributed by atoms with Crippen LogP contribution < -0.4 is 5.43 Å². The van der Waals surface area contributed by atoms with E-state index in [-0.39, 0.29) is 0 Å². The highest BCUT2D eigenvalue weighted by Crippen LogP contribution is 2.17. The Bertz CT molecular complexity index is 131. The lowest BCUT2D eigenvalue weighted by molar-refractivity contribution is 0.407. The fourth-order valence-electron chi connectivity index (χ4n) is 1.26. The summed E-state index contributed by atoms with van der Waals surface area (Å²) >= 11 is 0. The molecule has 2 atom stereocenters. The summed E-state index contributed by atoms with van der Waals surface area (Å²) in [6.45, 7) is 6.52. The van der Waals surface area contributed by atoms with Crippen LogP contribution in [0, 0.1) is 5.92 Å². The minimum atomic E-state index is 0.394. The highest BCUT2D eigenvalue weighted by Gasteiger charge is 2.26. The van der Waals surface area contributed by atoms with Crippen molar-refractivity contribution in [1.29, 1.82) is 0 Å². The highest BCUT2D eigenvalue weighted by atomic mass is 15.5. The van der Waals surface area contributed by atoms with E-state index in [4.69, 9.17) is 0 Å². The molecule has 0 saturated carbocycles. The van der Waals surface area contributed by atoms with Crippen LogP contribution in [-0.2, 0) is 0 Å². The molecule has 0 radical (unpaired) electrons. The molecule has 0 amide bonds. The first-order chi connectivity index (χ1) is 4.75. The van der Waals surface area contributed by atoms with Gasteiger partial charge in [-0.1, -0.05) is 26.0 Å². The van der Waals surface area contributed by atoms with Crippen molar-refractivity contribution in [2.75, 3.05) is 0 Å². The van der Waals surface area contributed by atoms with E-state index in [1.54, 1.807) is 0 Å². The van der Waals surface area contributed by atoms with Crippen molar-refractivity contribution in [3.63, 3.8) is 0 Å². The molecule has 0 bridgehead atoms. The van der Waals surface area contributed by atoms with Gasteiger partial charge in [-0.05, 0) is 12.3 Å². The van der Waals surface area contributed by atoms with Crippen LogP contribution in [0.1, 0.15) is 27.2 Å². The number of hydrogen-bond acceptors (Lipinski definition) is 3. The Balaban J connectivity index is 2.49. The maximum Gasteiger partial charge on any atom is 0.0969 e. The molecule has 1 heterocycles. The normalized spacial score (nSPS) is 31.2. The summed E-state index contributed by atoms with van der Waals surface area (Å²) in [6.07, 6.45) is 1.11. The van der Waals surface area contributed by atoms with E-state index >= 15 is 0 Å². The predicted molar refractivity (Wildman–Crippen MR) is 40.7 cm³/mol. The van der Waals surface area contributed by atoms with Gasteiger partial charge in [0.2, 0.25) is 0 Å². The first kappa shape index (κ1) is 7.51. The molecule has 10 heavy (non-hydrogen) atoms. The molecular weight excluding hydrogens is 126 g/mol. The van der Waals surface area contributed by atoms with Gasteiger partial charge in [-0.15, -0.1) is 0 Å². The van der Waals surface area contributed by atoms with Gasteiger partial charge < -0.3 is 0 Å². The van der Waals surface area contributed by atoms with Gasteiger partial charge in [0.1, 0.15) is 0 Å². The van der Waals surface area contributed by atoms with Gasteiger partial charge in [0.15, 0.2) is 0 Å². The molecule has 0 aromatic rings. The molecule has 0 aromatic heterocycles. The monoisotopic (exact) mass is 141 g/mol. The van der Waals surface area contributed by atoms with Gasteiger partial charge in [0.25, 0.3) is 0 Å². The molecule has 2 unspecified atom stereocenters. The highest BCUT2D eigenvalue weighted by molar-refractivity contribution is 4.84. The maximum absolute atomic E-state index is 4.10. The average Bonchev–Trinajstić information content (AvgIpc) is 2.33. The molecule has 58 valence electrons. The number of nitrogens with zero attached hydrogens (tertiary/aromatic N) is 2. The van der Waals surface area contributed by atoms with Crippen LogP contribution in [0.25, 0.3) is 0 Å². The molecule has 0 spiro atoms. The predicted octanol–water partition coefficient (Wildman–Crippen LogP) is 1.76. The molecule has 3 heteroatoms. The molecule has 0 fully saturated rings. The quantitative estimate of drug-likeness (QED) is 0.625. The lowest BCUT2D eigenvalue weighted by atomic mass is 9.97. The second-order valence-corrected chi connectivity index (χ2v) is 3.09. The van der Waals surface area contributed by atoms with Gasteiger partial charge in [-0.25, -0.2) is 0 Å². The first-order valence-electron chi connectivity index (χ1n) is 3.91. The maximum atomic E-state index is 4.10. The topological polar surface area (TPSA) is 36.8 Å². The molecule has 1 aliphatic heterocycles. The third-order valence-corrected chi connectivity index (χ3v) is 1.95.